The fourth-order valence-corrected chi connectivity index (χ4v) is 3.16. The normalized spacial score (nSPS) is 19.8. The van der Waals surface area contributed by atoms with E-state index >= 15 is 0 Å². The number of hydrogen-bond donors (Lipinski definition) is 2. The highest BCUT2D eigenvalue weighted by Crippen LogP contribution is 2.39. The summed E-state index contributed by atoms with van der Waals surface area (Å²) >= 11 is 0. The van der Waals surface area contributed by atoms with E-state index in [0.29, 0.717) is 12.2 Å². The molecule has 2 aliphatic rings. The molecule has 4 nitrogen and oxygen atoms in total. The van der Waals surface area contributed by atoms with Crippen LogP contribution in [0.1, 0.15) is 35.7 Å². The van der Waals surface area contributed by atoms with E-state index < -0.39 is 0 Å². The van der Waals surface area contributed by atoms with Gasteiger partial charge in [0.2, 0.25) is 0 Å². The number of hydrogen-bond acceptors (Lipinski definition) is 4. The van der Waals surface area contributed by atoms with Crippen LogP contribution in [0.3, 0.4) is 0 Å². The van der Waals surface area contributed by atoms with Crippen LogP contribution in [0.5, 0.6) is 0 Å². The first-order chi connectivity index (χ1) is 9.24. The van der Waals surface area contributed by atoms with Crippen LogP contribution in [0.15, 0.2) is 18.2 Å². The number of para-hydroxylation sites is 1. The number of carbonyl (C=O) groups is 1. The molecule has 0 bridgehead atoms. The summed E-state index contributed by atoms with van der Waals surface area (Å²) in [5.74, 6) is -0.224. The van der Waals surface area contributed by atoms with Crippen LogP contribution in [-0.4, -0.2) is 31.2 Å². The molecule has 1 fully saturated rings. The van der Waals surface area contributed by atoms with Crippen LogP contribution in [0, 0.1) is 0 Å². The molecule has 1 aromatic rings. The van der Waals surface area contributed by atoms with Crippen LogP contribution in [-0.2, 0) is 11.2 Å². The number of anilines is 1. The minimum absolute atomic E-state index is 0.135. The number of carbonyl (C=O) groups excluding carboxylic acids is 1. The predicted molar refractivity (Wildman–Crippen MR) is 74.6 cm³/mol. The first-order valence-corrected chi connectivity index (χ1v) is 7.02. The standard InChI is InChI=1S/C15H20N2O2/c1-2-19-14(18)12-5-3-4-11-10-15(17-13(11)12)6-8-16-9-7-15/h3-5,16-17H,2,6-10H2,1H3. The molecule has 0 atom stereocenters. The van der Waals surface area contributed by atoms with Crippen LogP contribution >= 0.6 is 0 Å². The lowest BCUT2D eigenvalue weighted by Gasteiger charge is -2.34. The van der Waals surface area contributed by atoms with Gasteiger partial charge < -0.3 is 15.4 Å². The maximum Gasteiger partial charge on any atom is 0.340 e. The smallest absolute Gasteiger partial charge is 0.340 e. The summed E-state index contributed by atoms with van der Waals surface area (Å²) in [6.07, 6.45) is 3.21. The molecule has 2 heterocycles. The van der Waals surface area contributed by atoms with Crippen LogP contribution in [0.2, 0.25) is 0 Å². The largest absolute Gasteiger partial charge is 0.462 e. The molecule has 1 spiro atoms. The average molecular weight is 260 g/mol. The minimum Gasteiger partial charge on any atom is -0.462 e. The number of fused-ring (bicyclic) bond motifs is 1. The number of rotatable bonds is 2. The van der Waals surface area contributed by atoms with Gasteiger partial charge in [0, 0.05) is 5.54 Å². The van der Waals surface area contributed by atoms with Crippen LogP contribution < -0.4 is 10.6 Å². The molecule has 0 aliphatic carbocycles. The summed E-state index contributed by atoms with van der Waals surface area (Å²) in [6.45, 7) is 4.33. The molecule has 4 heteroatoms. The first-order valence-electron chi connectivity index (χ1n) is 7.02. The number of nitrogens with one attached hydrogen (secondary N) is 2. The van der Waals surface area contributed by atoms with Gasteiger partial charge in [-0.05, 0) is 50.9 Å². The van der Waals surface area contributed by atoms with E-state index in [0.717, 1.165) is 38.0 Å². The highest BCUT2D eigenvalue weighted by atomic mass is 16.5. The summed E-state index contributed by atoms with van der Waals surface area (Å²) in [6, 6.07) is 5.92. The number of piperidine rings is 1. The predicted octanol–water partition coefficient (Wildman–Crippen LogP) is 1.95. The van der Waals surface area contributed by atoms with Gasteiger partial charge >= 0.3 is 5.97 Å². The number of esters is 1. The lowest BCUT2D eigenvalue weighted by Crippen LogP contribution is -2.46. The second-order valence-corrected chi connectivity index (χ2v) is 5.39. The third-order valence-corrected chi connectivity index (χ3v) is 4.13. The lowest BCUT2D eigenvalue weighted by atomic mass is 9.86. The van der Waals surface area contributed by atoms with Crippen molar-refractivity contribution in [3.63, 3.8) is 0 Å². The fraction of sp³-hybridized carbons (Fsp3) is 0.533. The molecule has 3 rings (SSSR count). The molecule has 0 radical (unpaired) electrons. The molecule has 0 aromatic heterocycles. The van der Waals surface area contributed by atoms with Crippen LogP contribution in [0.25, 0.3) is 0 Å². The first kappa shape index (κ1) is 12.5. The topological polar surface area (TPSA) is 50.4 Å². The Balaban J connectivity index is 1.90. The minimum atomic E-state index is -0.224. The maximum atomic E-state index is 12.0. The van der Waals surface area contributed by atoms with E-state index in [-0.39, 0.29) is 11.5 Å². The summed E-state index contributed by atoms with van der Waals surface area (Å²) in [4.78, 5) is 12.0. The second kappa shape index (κ2) is 4.85. The molecule has 19 heavy (non-hydrogen) atoms. The van der Waals surface area contributed by atoms with E-state index in [4.69, 9.17) is 4.74 Å². The van der Waals surface area contributed by atoms with Crippen molar-refractivity contribution in [2.75, 3.05) is 25.0 Å². The SMILES string of the molecule is CCOC(=O)c1cccc2c1NC1(CCNCC1)C2. The highest BCUT2D eigenvalue weighted by molar-refractivity contribution is 5.97. The van der Waals surface area contributed by atoms with Gasteiger partial charge in [-0.3, -0.25) is 0 Å². The van der Waals surface area contributed by atoms with Gasteiger partial charge in [-0.1, -0.05) is 12.1 Å². The molecule has 0 saturated carbocycles. The second-order valence-electron chi connectivity index (χ2n) is 5.39. The molecular weight excluding hydrogens is 240 g/mol. The van der Waals surface area contributed by atoms with E-state index in [2.05, 4.69) is 16.7 Å². The van der Waals surface area contributed by atoms with Gasteiger partial charge in [0.25, 0.3) is 0 Å². The van der Waals surface area contributed by atoms with Crippen molar-refractivity contribution in [2.45, 2.75) is 31.7 Å². The fourth-order valence-electron chi connectivity index (χ4n) is 3.16. The van der Waals surface area contributed by atoms with E-state index in [1.165, 1.54) is 5.56 Å². The maximum absolute atomic E-state index is 12.0. The van der Waals surface area contributed by atoms with E-state index in [9.17, 15) is 4.79 Å². The van der Waals surface area contributed by atoms with Gasteiger partial charge in [-0.25, -0.2) is 4.79 Å². The zero-order valence-corrected chi connectivity index (χ0v) is 11.3. The molecule has 102 valence electrons. The van der Waals surface area contributed by atoms with Crippen molar-refractivity contribution >= 4 is 11.7 Å². The Morgan fingerprint density at radius 2 is 2.16 bits per heavy atom. The average Bonchev–Trinajstić information content (AvgIpc) is 2.76. The summed E-state index contributed by atoms with van der Waals surface area (Å²) in [5, 5.41) is 7.01. The Morgan fingerprint density at radius 1 is 1.37 bits per heavy atom. The van der Waals surface area contributed by atoms with Gasteiger partial charge in [0.1, 0.15) is 0 Å². The Labute approximate surface area is 113 Å². The summed E-state index contributed by atoms with van der Waals surface area (Å²) in [5.41, 5.74) is 3.04. The molecule has 2 N–H and O–H groups in total. The third-order valence-electron chi connectivity index (χ3n) is 4.13. The molecule has 0 unspecified atom stereocenters. The van der Waals surface area contributed by atoms with Crippen molar-refractivity contribution < 1.29 is 9.53 Å². The van der Waals surface area contributed by atoms with E-state index in [1.54, 1.807) is 0 Å². The van der Waals surface area contributed by atoms with Crippen molar-refractivity contribution in [3.05, 3.63) is 29.3 Å². The number of ether oxygens (including phenoxy) is 1. The van der Waals surface area contributed by atoms with Crippen molar-refractivity contribution in [2.24, 2.45) is 0 Å². The third kappa shape index (κ3) is 2.21. The summed E-state index contributed by atoms with van der Waals surface area (Å²) < 4.78 is 5.14. The molecule has 0 amide bonds. The zero-order chi connectivity index (χ0) is 13.3. The van der Waals surface area contributed by atoms with Crippen molar-refractivity contribution in [3.8, 4) is 0 Å². The van der Waals surface area contributed by atoms with Crippen molar-refractivity contribution in [1.82, 2.24) is 5.32 Å². The van der Waals surface area contributed by atoms with Crippen molar-refractivity contribution in [1.29, 1.82) is 0 Å². The van der Waals surface area contributed by atoms with Gasteiger partial charge in [-0.15, -0.1) is 0 Å². The molecular formula is C15H20N2O2. The quantitative estimate of drug-likeness (QED) is 0.798. The zero-order valence-electron chi connectivity index (χ0n) is 11.3. The Hall–Kier alpha value is -1.55. The Morgan fingerprint density at radius 3 is 2.89 bits per heavy atom. The van der Waals surface area contributed by atoms with E-state index in [1.807, 2.05) is 19.1 Å². The Kier molecular flexibility index (Phi) is 3.19. The summed E-state index contributed by atoms with van der Waals surface area (Å²) in [7, 11) is 0. The Bertz CT molecular complexity index is 493. The molecule has 1 saturated heterocycles. The molecule has 2 aliphatic heterocycles. The van der Waals surface area contributed by atoms with Gasteiger partial charge in [0.15, 0.2) is 0 Å². The highest BCUT2D eigenvalue weighted by Gasteiger charge is 2.39. The van der Waals surface area contributed by atoms with Crippen LogP contribution in [0.4, 0.5) is 5.69 Å². The number of benzene rings is 1. The lowest BCUT2D eigenvalue weighted by molar-refractivity contribution is 0.0527. The van der Waals surface area contributed by atoms with Gasteiger partial charge in [-0.2, -0.15) is 0 Å². The molecule has 1 aromatic carbocycles. The van der Waals surface area contributed by atoms with Gasteiger partial charge in [0.05, 0.1) is 17.9 Å². The monoisotopic (exact) mass is 260 g/mol.